The molecule has 2 N–H and O–H groups in total. The zero-order valence-electron chi connectivity index (χ0n) is 9.12. The summed E-state index contributed by atoms with van der Waals surface area (Å²) in [5, 5.41) is 0. The predicted octanol–water partition coefficient (Wildman–Crippen LogP) is 2.39. The van der Waals surface area contributed by atoms with Gasteiger partial charge in [0.1, 0.15) is 11.6 Å². The fourth-order valence-electron chi connectivity index (χ4n) is 2.01. The van der Waals surface area contributed by atoms with E-state index in [-0.39, 0.29) is 6.10 Å². The van der Waals surface area contributed by atoms with Crippen LogP contribution in [0.25, 0.3) is 0 Å². The highest BCUT2D eigenvalue weighted by atomic mass is 19.1. The lowest BCUT2D eigenvalue weighted by molar-refractivity contribution is 0.0614. The van der Waals surface area contributed by atoms with Gasteiger partial charge in [-0.3, -0.25) is 0 Å². The molecule has 2 atom stereocenters. The Hall–Kier alpha value is -1.00. The third-order valence-electron chi connectivity index (χ3n) is 3.03. The van der Waals surface area contributed by atoms with Gasteiger partial charge < -0.3 is 10.5 Å². The van der Waals surface area contributed by atoms with Crippen LogP contribution in [-0.2, 0) is 4.74 Å². The molecule has 0 bridgehead atoms. The summed E-state index contributed by atoms with van der Waals surface area (Å²) in [6.45, 7) is 0. The average molecular weight is 227 g/mol. The van der Waals surface area contributed by atoms with Crippen molar-refractivity contribution in [3.05, 3.63) is 35.4 Å². The van der Waals surface area contributed by atoms with Crippen LogP contribution in [0, 0.1) is 17.6 Å². The molecule has 1 aromatic rings. The van der Waals surface area contributed by atoms with Gasteiger partial charge >= 0.3 is 0 Å². The van der Waals surface area contributed by atoms with E-state index in [1.807, 2.05) is 0 Å². The number of halogens is 2. The van der Waals surface area contributed by atoms with Crippen molar-refractivity contribution < 1.29 is 13.5 Å². The van der Waals surface area contributed by atoms with Gasteiger partial charge in [-0.25, -0.2) is 8.78 Å². The van der Waals surface area contributed by atoms with Crippen molar-refractivity contribution in [3.8, 4) is 0 Å². The summed E-state index contributed by atoms with van der Waals surface area (Å²) in [6, 6.07) is 2.94. The minimum Gasteiger partial charge on any atom is -0.379 e. The summed E-state index contributed by atoms with van der Waals surface area (Å²) < 4.78 is 31.5. The zero-order valence-corrected chi connectivity index (χ0v) is 9.12. The third-order valence-corrected chi connectivity index (χ3v) is 3.03. The lowest BCUT2D eigenvalue weighted by atomic mass is 9.98. The normalized spacial score (nSPS) is 19.5. The number of nitrogens with two attached hydrogens (primary N) is 1. The fraction of sp³-hybridized carbons (Fsp3) is 0.500. The van der Waals surface area contributed by atoms with Gasteiger partial charge in [-0.2, -0.15) is 0 Å². The highest BCUT2D eigenvalue weighted by Crippen LogP contribution is 2.39. The summed E-state index contributed by atoms with van der Waals surface area (Å²) in [7, 11) is 1.57. The Labute approximate surface area is 93.4 Å². The van der Waals surface area contributed by atoms with E-state index in [4.69, 9.17) is 10.5 Å². The standard InChI is InChI=1S/C12H15F2NO/c1-16-12(7-2-3-7)11(15)9-5-4-8(13)6-10(9)14/h4-7,11-12H,2-3,15H2,1H3. The molecule has 0 aromatic heterocycles. The maximum Gasteiger partial charge on any atom is 0.130 e. The van der Waals surface area contributed by atoms with E-state index in [9.17, 15) is 8.78 Å². The van der Waals surface area contributed by atoms with Crippen LogP contribution in [0.5, 0.6) is 0 Å². The second-order valence-electron chi connectivity index (χ2n) is 4.23. The van der Waals surface area contributed by atoms with Crippen LogP contribution >= 0.6 is 0 Å². The number of ether oxygens (including phenoxy) is 1. The molecule has 0 saturated heterocycles. The van der Waals surface area contributed by atoms with Crippen LogP contribution in [0.2, 0.25) is 0 Å². The predicted molar refractivity (Wildman–Crippen MR) is 56.8 cm³/mol. The van der Waals surface area contributed by atoms with E-state index in [0.29, 0.717) is 11.5 Å². The maximum absolute atomic E-state index is 13.5. The molecule has 1 aliphatic carbocycles. The van der Waals surface area contributed by atoms with E-state index < -0.39 is 17.7 Å². The minimum absolute atomic E-state index is 0.181. The van der Waals surface area contributed by atoms with Crippen LogP contribution in [0.1, 0.15) is 24.4 Å². The summed E-state index contributed by atoms with van der Waals surface area (Å²) in [4.78, 5) is 0. The largest absolute Gasteiger partial charge is 0.379 e. The number of hydrogen-bond donors (Lipinski definition) is 1. The number of benzene rings is 1. The van der Waals surface area contributed by atoms with Gasteiger partial charge in [0.15, 0.2) is 0 Å². The van der Waals surface area contributed by atoms with Crippen molar-refractivity contribution in [1.29, 1.82) is 0 Å². The smallest absolute Gasteiger partial charge is 0.130 e. The lowest BCUT2D eigenvalue weighted by Gasteiger charge is -2.23. The molecule has 0 radical (unpaired) electrons. The molecule has 2 nitrogen and oxygen atoms in total. The molecule has 1 fully saturated rings. The Morgan fingerprint density at radius 3 is 2.56 bits per heavy atom. The molecule has 1 aromatic carbocycles. The van der Waals surface area contributed by atoms with Crippen LogP contribution in [0.15, 0.2) is 18.2 Å². The molecule has 2 rings (SSSR count). The Morgan fingerprint density at radius 2 is 2.06 bits per heavy atom. The molecular formula is C12H15F2NO. The Bertz CT molecular complexity index is 379. The molecule has 16 heavy (non-hydrogen) atoms. The van der Waals surface area contributed by atoms with Crippen LogP contribution in [-0.4, -0.2) is 13.2 Å². The molecule has 4 heteroatoms. The highest BCUT2D eigenvalue weighted by Gasteiger charge is 2.36. The van der Waals surface area contributed by atoms with E-state index in [1.165, 1.54) is 12.1 Å². The van der Waals surface area contributed by atoms with E-state index >= 15 is 0 Å². The van der Waals surface area contributed by atoms with Crippen molar-refractivity contribution in [2.75, 3.05) is 7.11 Å². The molecule has 0 aliphatic heterocycles. The second-order valence-corrected chi connectivity index (χ2v) is 4.23. The molecule has 0 spiro atoms. The van der Waals surface area contributed by atoms with Gasteiger partial charge in [0.05, 0.1) is 12.1 Å². The molecule has 1 saturated carbocycles. The van der Waals surface area contributed by atoms with E-state index in [0.717, 1.165) is 18.9 Å². The summed E-state index contributed by atoms with van der Waals surface area (Å²) in [5.41, 5.74) is 6.27. The first-order chi connectivity index (χ1) is 7.63. The summed E-state index contributed by atoms with van der Waals surface area (Å²) in [5.74, 6) is -0.784. The Kier molecular flexibility index (Phi) is 3.21. The minimum atomic E-state index is -0.602. The molecular weight excluding hydrogens is 212 g/mol. The van der Waals surface area contributed by atoms with Crippen molar-refractivity contribution in [2.45, 2.75) is 25.0 Å². The fourth-order valence-corrected chi connectivity index (χ4v) is 2.01. The van der Waals surface area contributed by atoms with Gasteiger partial charge in [0, 0.05) is 18.7 Å². The van der Waals surface area contributed by atoms with Crippen LogP contribution in [0.3, 0.4) is 0 Å². The first kappa shape index (κ1) is 11.5. The van der Waals surface area contributed by atoms with Crippen molar-refractivity contribution in [2.24, 2.45) is 11.7 Å². The van der Waals surface area contributed by atoms with Gasteiger partial charge in [0.2, 0.25) is 0 Å². The average Bonchev–Trinajstić information content (AvgIpc) is 3.02. The molecule has 88 valence electrons. The van der Waals surface area contributed by atoms with Crippen LogP contribution in [0.4, 0.5) is 8.78 Å². The molecule has 0 heterocycles. The van der Waals surface area contributed by atoms with Crippen molar-refractivity contribution in [3.63, 3.8) is 0 Å². The van der Waals surface area contributed by atoms with Gasteiger partial charge in [0.25, 0.3) is 0 Å². The quantitative estimate of drug-likeness (QED) is 0.857. The van der Waals surface area contributed by atoms with E-state index in [2.05, 4.69) is 0 Å². The molecule has 1 aliphatic rings. The molecule has 2 unspecified atom stereocenters. The highest BCUT2D eigenvalue weighted by molar-refractivity contribution is 5.23. The zero-order chi connectivity index (χ0) is 11.7. The number of methoxy groups -OCH3 is 1. The topological polar surface area (TPSA) is 35.2 Å². The Balaban J connectivity index is 2.21. The number of rotatable bonds is 4. The van der Waals surface area contributed by atoms with Crippen molar-refractivity contribution in [1.82, 2.24) is 0 Å². The van der Waals surface area contributed by atoms with Crippen LogP contribution < -0.4 is 5.73 Å². The molecule has 0 amide bonds. The number of hydrogen-bond acceptors (Lipinski definition) is 2. The summed E-state index contributed by atoms with van der Waals surface area (Å²) >= 11 is 0. The lowest BCUT2D eigenvalue weighted by Crippen LogP contribution is -2.30. The van der Waals surface area contributed by atoms with E-state index in [1.54, 1.807) is 7.11 Å². The third kappa shape index (κ3) is 2.23. The van der Waals surface area contributed by atoms with Gasteiger partial charge in [-0.15, -0.1) is 0 Å². The first-order valence-corrected chi connectivity index (χ1v) is 5.37. The van der Waals surface area contributed by atoms with Gasteiger partial charge in [-0.1, -0.05) is 6.07 Å². The second kappa shape index (κ2) is 4.47. The Morgan fingerprint density at radius 1 is 1.38 bits per heavy atom. The summed E-state index contributed by atoms with van der Waals surface area (Å²) in [6.07, 6.45) is 1.95. The maximum atomic E-state index is 13.5. The monoisotopic (exact) mass is 227 g/mol. The SMILES string of the molecule is COC(C1CC1)C(N)c1ccc(F)cc1F. The van der Waals surface area contributed by atoms with Crippen molar-refractivity contribution >= 4 is 0 Å². The van der Waals surface area contributed by atoms with Gasteiger partial charge in [-0.05, 0) is 24.8 Å². The first-order valence-electron chi connectivity index (χ1n) is 5.37.